The molecule has 5 rings (SSSR count). The predicted octanol–water partition coefficient (Wildman–Crippen LogP) is 1.82. The first-order chi connectivity index (χ1) is 13.8. The maximum atomic E-state index is 5.49. The topological polar surface area (TPSA) is 82.6 Å². The summed E-state index contributed by atoms with van der Waals surface area (Å²) in [5.41, 5.74) is 2.61. The van der Waals surface area contributed by atoms with Crippen LogP contribution in [0.2, 0.25) is 0 Å². The fraction of sp³-hybridized carbons (Fsp3) is 0.263. The number of benzene rings is 1. The minimum absolute atomic E-state index is 0.468. The number of anilines is 1. The third-order valence-corrected chi connectivity index (χ3v) is 4.68. The van der Waals surface area contributed by atoms with E-state index in [1.54, 1.807) is 22.5 Å². The van der Waals surface area contributed by atoms with Gasteiger partial charge in [0.2, 0.25) is 11.8 Å². The van der Waals surface area contributed by atoms with Crippen molar-refractivity contribution in [2.45, 2.75) is 0 Å². The van der Waals surface area contributed by atoms with Gasteiger partial charge in [-0.25, -0.2) is 4.68 Å². The summed E-state index contributed by atoms with van der Waals surface area (Å²) >= 11 is 0. The van der Waals surface area contributed by atoms with Crippen LogP contribution in [0.15, 0.2) is 48.8 Å². The lowest BCUT2D eigenvalue weighted by Crippen LogP contribution is -2.38. The van der Waals surface area contributed by atoms with Crippen molar-refractivity contribution in [1.82, 2.24) is 29.4 Å². The SMILES string of the molecule is COc1nn(-c2nc(N3CCOCC3)n3nccc3n2)cc1-c1ccccc1. The Morgan fingerprint density at radius 2 is 1.86 bits per heavy atom. The highest BCUT2D eigenvalue weighted by Gasteiger charge is 2.20. The van der Waals surface area contributed by atoms with E-state index in [1.165, 1.54) is 0 Å². The molecule has 0 unspecified atom stereocenters. The van der Waals surface area contributed by atoms with Gasteiger partial charge in [-0.1, -0.05) is 30.3 Å². The minimum Gasteiger partial charge on any atom is -0.479 e. The van der Waals surface area contributed by atoms with Gasteiger partial charge in [0, 0.05) is 25.4 Å². The van der Waals surface area contributed by atoms with E-state index in [2.05, 4.69) is 20.1 Å². The molecular formula is C19H19N7O2. The molecule has 1 aliphatic heterocycles. The predicted molar refractivity (Wildman–Crippen MR) is 103 cm³/mol. The van der Waals surface area contributed by atoms with Gasteiger partial charge in [0.25, 0.3) is 5.95 Å². The third kappa shape index (κ3) is 2.85. The van der Waals surface area contributed by atoms with Gasteiger partial charge in [-0.15, -0.1) is 5.10 Å². The van der Waals surface area contributed by atoms with E-state index in [0.717, 1.165) is 30.2 Å². The molecule has 0 bridgehead atoms. The number of morpholine rings is 1. The van der Waals surface area contributed by atoms with Crippen molar-refractivity contribution in [1.29, 1.82) is 0 Å². The van der Waals surface area contributed by atoms with Crippen LogP contribution in [-0.4, -0.2) is 62.8 Å². The lowest BCUT2D eigenvalue weighted by Gasteiger charge is -2.27. The Balaban J connectivity index is 1.62. The molecule has 0 radical (unpaired) electrons. The number of hydrogen-bond acceptors (Lipinski definition) is 7. The maximum absolute atomic E-state index is 5.49. The van der Waals surface area contributed by atoms with Gasteiger partial charge in [0.15, 0.2) is 5.65 Å². The smallest absolute Gasteiger partial charge is 0.256 e. The standard InChI is InChI=1S/C19H19N7O2/c1-27-17-15(14-5-3-2-4-6-14)13-25(23-17)18-21-16-7-8-20-26(16)19(22-18)24-9-11-28-12-10-24/h2-8,13H,9-12H2,1H3. The summed E-state index contributed by atoms with van der Waals surface area (Å²) < 4.78 is 14.3. The first-order valence-electron chi connectivity index (χ1n) is 9.07. The third-order valence-electron chi connectivity index (χ3n) is 4.68. The molecule has 1 fully saturated rings. The fourth-order valence-corrected chi connectivity index (χ4v) is 3.30. The summed E-state index contributed by atoms with van der Waals surface area (Å²) in [5, 5.41) is 8.92. The van der Waals surface area contributed by atoms with E-state index in [1.807, 2.05) is 42.6 Å². The molecule has 9 nitrogen and oxygen atoms in total. The van der Waals surface area contributed by atoms with Crippen molar-refractivity contribution in [2.75, 3.05) is 38.3 Å². The minimum atomic E-state index is 0.468. The van der Waals surface area contributed by atoms with Crippen molar-refractivity contribution in [3.8, 4) is 23.0 Å². The molecule has 142 valence electrons. The largest absolute Gasteiger partial charge is 0.479 e. The summed E-state index contributed by atoms with van der Waals surface area (Å²) in [6, 6.07) is 11.8. The van der Waals surface area contributed by atoms with Crippen LogP contribution >= 0.6 is 0 Å². The van der Waals surface area contributed by atoms with Gasteiger partial charge in [-0.05, 0) is 5.56 Å². The monoisotopic (exact) mass is 377 g/mol. The highest BCUT2D eigenvalue weighted by Crippen LogP contribution is 2.29. The molecule has 1 saturated heterocycles. The van der Waals surface area contributed by atoms with Crippen LogP contribution in [0, 0.1) is 0 Å². The Kier molecular flexibility index (Phi) is 4.13. The van der Waals surface area contributed by atoms with Crippen LogP contribution in [0.4, 0.5) is 5.95 Å². The zero-order valence-electron chi connectivity index (χ0n) is 15.4. The number of aromatic nitrogens is 6. The zero-order valence-corrected chi connectivity index (χ0v) is 15.4. The average molecular weight is 377 g/mol. The number of nitrogens with zero attached hydrogens (tertiary/aromatic N) is 7. The van der Waals surface area contributed by atoms with Crippen LogP contribution in [0.3, 0.4) is 0 Å². The van der Waals surface area contributed by atoms with Gasteiger partial charge in [-0.3, -0.25) is 0 Å². The van der Waals surface area contributed by atoms with Crippen LogP contribution in [0.5, 0.6) is 5.88 Å². The molecule has 3 aromatic heterocycles. The molecule has 0 amide bonds. The molecule has 28 heavy (non-hydrogen) atoms. The van der Waals surface area contributed by atoms with Crippen LogP contribution in [0.25, 0.3) is 22.7 Å². The molecule has 1 aliphatic rings. The van der Waals surface area contributed by atoms with Gasteiger partial charge in [0.1, 0.15) is 0 Å². The Bertz CT molecular complexity index is 1100. The van der Waals surface area contributed by atoms with Gasteiger partial charge >= 0.3 is 0 Å². The molecule has 1 aromatic carbocycles. The molecule has 0 aliphatic carbocycles. The molecule has 0 N–H and O–H groups in total. The van der Waals surface area contributed by atoms with E-state index >= 15 is 0 Å². The Morgan fingerprint density at radius 1 is 1.04 bits per heavy atom. The van der Waals surface area contributed by atoms with E-state index in [-0.39, 0.29) is 0 Å². The molecular weight excluding hydrogens is 358 g/mol. The number of methoxy groups -OCH3 is 1. The van der Waals surface area contributed by atoms with E-state index in [9.17, 15) is 0 Å². The summed E-state index contributed by atoms with van der Waals surface area (Å²) in [7, 11) is 1.61. The first kappa shape index (κ1) is 16.7. The molecule has 0 spiro atoms. The summed E-state index contributed by atoms with van der Waals surface area (Å²) in [6.45, 7) is 2.83. The molecule has 9 heteroatoms. The zero-order chi connectivity index (χ0) is 18.9. The highest BCUT2D eigenvalue weighted by atomic mass is 16.5. The molecule has 4 aromatic rings. The summed E-state index contributed by atoms with van der Waals surface area (Å²) in [6.07, 6.45) is 3.61. The molecule has 4 heterocycles. The Labute approximate surface area is 161 Å². The Hall–Kier alpha value is -3.46. The average Bonchev–Trinajstić information content (AvgIpc) is 3.41. The van der Waals surface area contributed by atoms with Crippen molar-refractivity contribution < 1.29 is 9.47 Å². The number of rotatable bonds is 4. The van der Waals surface area contributed by atoms with E-state index in [0.29, 0.717) is 30.7 Å². The first-order valence-corrected chi connectivity index (χ1v) is 9.07. The van der Waals surface area contributed by atoms with Crippen LogP contribution < -0.4 is 9.64 Å². The second-order valence-corrected chi connectivity index (χ2v) is 6.39. The van der Waals surface area contributed by atoms with Gasteiger partial charge in [-0.2, -0.15) is 19.6 Å². The van der Waals surface area contributed by atoms with Gasteiger partial charge in [0.05, 0.1) is 32.1 Å². The quantitative estimate of drug-likeness (QED) is 0.536. The maximum Gasteiger partial charge on any atom is 0.256 e. The normalized spacial score (nSPS) is 14.5. The highest BCUT2D eigenvalue weighted by molar-refractivity contribution is 5.68. The van der Waals surface area contributed by atoms with Crippen molar-refractivity contribution in [2.24, 2.45) is 0 Å². The lowest BCUT2D eigenvalue weighted by atomic mass is 10.1. The lowest BCUT2D eigenvalue weighted by molar-refractivity contribution is 0.121. The van der Waals surface area contributed by atoms with Crippen molar-refractivity contribution in [3.63, 3.8) is 0 Å². The molecule has 0 saturated carbocycles. The van der Waals surface area contributed by atoms with Crippen LogP contribution in [0.1, 0.15) is 0 Å². The second-order valence-electron chi connectivity index (χ2n) is 6.39. The number of hydrogen-bond donors (Lipinski definition) is 0. The van der Waals surface area contributed by atoms with Crippen molar-refractivity contribution in [3.05, 3.63) is 48.8 Å². The summed E-state index contributed by atoms with van der Waals surface area (Å²) in [4.78, 5) is 11.5. The molecule has 0 atom stereocenters. The van der Waals surface area contributed by atoms with Crippen molar-refractivity contribution >= 4 is 11.6 Å². The Morgan fingerprint density at radius 3 is 2.64 bits per heavy atom. The fourth-order valence-electron chi connectivity index (χ4n) is 3.30. The van der Waals surface area contributed by atoms with Crippen LogP contribution in [-0.2, 0) is 4.74 Å². The summed E-state index contributed by atoms with van der Waals surface area (Å²) in [5.74, 6) is 1.72. The number of ether oxygens (including phenoxy) is 2. The van der Waals surface area contributed by atoms with Gasteiger partial charge < -0.3 is 14.4 Å². The second kappa shape index (κ2) is 6.93. The van der Waals surface area contributed by atoms with E-state index in [4.69, 9.17) is 14.5 Å². The van der Waals surface area contributed by atoms with E-state index < -0.39 is 0 Å². The number of fused-ring (bicyclic) bond motifs is 1.